The molecule has 4 rings (SSSR count). The first-order valence-electron chi connectivity index (χ1n) is 10.0. The van der Waals surface area contributed by atoms with E-state index in [0.717, 1.165) is 55.4 Å². The third kappa shape index (κ3) is 5.12. The van der Waals surface area contributed by atoms with Gasteiger partial charge in [0.1, 0.15) is 6.26 Å². The van der Waals surface area contributed by atoms with Crippen molar-refractivity contribution in [1.29, 1.82) is 0 Å². The van der Waals surface area contributed by atoms with Gasteiger partial charge in [-0.2, -0.15) is 0 Å². The number of carbonyl (C=O) groups excluding carboxylic acids is 1. The average Bonchev–Trinajstić information content (AvgIpc) is 3.42. The summed E-state index contributed by atoms with van der Waals surface area (Å²) in [6, 6.07) is 12.0. The number of nitrogens with zero attached hydrogens (tertiary/aromatic N) is 3. The Morgan fingerprint density at radius 1 is 1.14 bits per heavy atom. The Morgan fingerprint density at radius 3 is 2.69 bits per heavy atom. The third-order valence-electron chi connectivity index (χ3n) is 5.17. The lowest BCUT2D eigenvalue weighted by molar-refractivity contribution is -0.117. The standard InChI is InChI=1S/C22H26N4O2S/c1-2-17-6-3-4-7-19(17)24-21(27)15-26-11-9-25(10-12-26)14-18-16-28-22(23-18)20-8-5-13-29-20/h3-8,13,16H,2,9-12,14-15H2,1H3,(H,24,27). The normalized spacial score (nSPS) is 15.5. The van der Waals surface area contributed by atoms with E-state index in [4.69, 9.17) is 4.42 Å². The van der Waals surface area contributed by atoms with Gasteiger partial charge in [0.15, 0.2) is 0 Å². The molecule has 1 N–H and O–H groups in total. The van der Waals surface area contributed by atoms with Crippen LogP contribution in [0.2, 0.25) is 0 Å². The van der Waals surface area contributed by atoms with Crippen LogP contribution in [0.4, 0.5) is 5.69 Å². The molecular formula is C22H26N4O2S. The molecule has 7 heteroatoms. The van der Waals surface area contributed by atoms with Crippen molar-refractivity contribution in [2.24, 2.45) is 0 Å². The summed E-state index contributed by atoms with van der Waals surface area (Å²) in [5.74, 6) is 0.745. The molecule has 1 saturated heterocycles. The lowest BCUT2D eigenvalue weighted by Crippen LogP contribution is -2.48. The van der Waals surface area contributed by atoms with Gasteiger partial charge < -0.3 is 9.73 Å². The smallest absolute Gasteiger partial charge is 0.238 e. The Labute approximate surface area is 175 Å². The molecule has 152 valence electrons. The summed E-state index contributed by atoms with van der Waals surface area (Å²) in [4.78, 5) is 22.7. The molecule has 1 aliphatic rings. The summed E-state index contributed by atoms with van der Waals surface area (Å²) in [6.45, 7) is 6.89. The van der Waals surface area contributed by atoms with Gasteiger partial charge in [-0.25, -0.2) is 4.98 Å². The lowest BCUT2D eigenvalue weighted by Gasteiger charge is -2.33. The van der Waals surface area contributed by atoms with Gasteiger partial charge in [-0.05, 0) is 29.5 Å². The molecule has 0 atom stereocenters. The van der Waals surface area contributed by atoms with Crippen molar-refractivity contribution in [2.45, 2.75) is 19.9 Å². The van der Waals surface area contributed by atoms with Crippen molar-refractivity contribution in [3.8, 4) is 10.8 Å². The maximum atomic E-state index is 12.4. The summed E-state index contributed by atoms with van der Waals surface area (Å²) in [5, 5.41) is 5.08. The fourth-order valence-corrected chi connectivity index (χ4v) is 4.23. The summed E-state index contributed by atoms with van der Waals surface area (Å²) in [6.07, 6.45) is 2.66. The number of nitrogens with one attached hydrogen (secondary N) is 1. The molecule has 0 radical (unpaired) electrons. The SMILES string of the molecule is CCc1ccccc1NC(=O)CN1CCN(Cc2coc(-c3cccs3)n2)CC1. The van der Waals surface area contributed by atoms with Gasteiger partial charge >= 0.3 is 0 Å². The number of carbonyl (C=O) groups is 1. The minimum atomic E-state index is 0.0523. The summed E-state index contributed by atoms with van der Waals surface area (Å²) >= 11 is 1.63. The molecule has 1 aliphatic heterocycles. The highest BCUT2D eigenvalue weighted by molar-refractivity contribution is 7.13. The molecule has 1 amide bonds. The highest BCUT2D eigenvalue weighted by atomic mass is 32.1. The largest absolute Gasteiger partial charge is 0.444 e. The number of aryl methyl sites for hydroxylation is 1. The molecule has 0 aliphatic carbocycles. The van der Waals surface area contributed by atoms with Crippen molar-refractivity contribution < 1.29 is 9.21 Å². The Morgan fingerprint density at radius 2 is 1.93 bits per heavy atom. The van der Waals surface area contributed by atoms with Crippen LogP contribution >= 0.6 is 11.3 Å². The van der Waals surface area contributed by atoms with Gasteiger partial charge in [0.05, 0.1) is 17.1 Å². The van der Waals surface area contributed by atoms with Crippen molar-refractivity contribution >= 4 is 22.9 Å². The number of benzene rings is 1. The van der Waals surface area contributed by atoms with Crippen LogP contribution in [0.1, 0.15) is 18.2 Å². The summed E-state index contributed by atoms with van der Waals surface area (Å²) in [7, 11) is 0. The maximum Gasteiger partial charge on any atom is 0.238 e. The fraction of sp³-hybridized carbons (Fsp3) is 0.364. The van der Waals surface area contributed by atoms with Gasteiger partial charge in [0.2, 0.25) is 11.8 Å². The number of oxazole rings is 1. The summed E-state index contributed by atoms with van der Waals surface area (Å²) in [5.41, 5.74) is 3.04. The van der Waals surface area contributed by atoms with Crippen molar-refractivity contribution in [3.63, 3.8) is 0 Å². The minimum absolute atomic E-state index is 0.0523. The predicted molar refractivity (Wildman–Crippen MR) is 116 cm³/mol. The number of hydrogen-bond donors (Lipinski definition) is 1. The first-order valence-corrected chi connectivity index (χ1v) is 10.9. The molecule has 3 heterocycles. The Hall–Kier alpha value is -2.48. The highest BCUT2D eigenvalue weighted by Gasteiger charge is 2.20. The first kappa shape index (κ1) is 19.8. The fourth-order valence-electron chi connectivity index (χ4n) is 3.57. The van der Waals surface area contributed by atoms with Crippen molar-refractivity contribution in [3.05, 3.63) is 59.3 Å². The topological polar surface area (TPSA) is 61.6 Å². The number of thiophene rings is 1. The molecule has 29 heavy (non-hydrogen) atoms. The Balaban J connectivity index is 1.24. The monoisotopic (exact) mass is 410 g/mol. The molecule has 1 aromatic carbocycles. The number of aromatic nitrogens is 1. The van der Waals surface area contributed by atoms with Crippen LogP contribution < -0.4 is 5.32 Å². The number of rotatable bonds is 7. The highest BCUT2D eigenvalue weighted by Crippen LogP contribution is 2.24. The summed E-state index contributed by atoms with van der Waals surface area (Å²) < 4.78 is 5.61. The zero-order chi connectivity index (χ0) is 20.1. The van der Waals surface area contributed by atoms with Crippen LogP contribution in [0.25, 0.3) is 10.8 Å². The van der Waals surface area contributed by atoms with Crippen molar-refractivity contribution in [2.75, 3.05) is 38.0 Å². The van der Waals surface area contributed by atoms with E-state index >= 15 is 0 Å². The molecule has 0 bridgehead atoms. The van der Waals surface area contributed by atoms with Gasteiger partial charge in [-0.3, -0.25) is 14.6 Å². The van der Waals surface area contributed by atoms with Crippen LogP contribution in [0.5, 0.6) is 0 Å². The quantitative estimate of drug-likeness (QED) is 0.643. The van der Waals surface area contributed by atoms with Crippen LogP contribution in [0.15, 0.2) is 52.5 Å². The molecule has 0 unspecified atom stereocenters. The molecule has 0 saturated carbocycles. The average molecular weight is 411 g/mol. The second kappa shape index (κ2) is 9.35. The van der Waals surface area contributed by atoms with Crippen molar-refractivity contribution in [1.82, 2.24) is 14.8 Å². The van der Waals surface area contributed by atoms with E-state index < -0.39 is 0 Å². The number of amides is 1. The van der Waals surface area contributed by atoms with E-state index in [0.29, 0.717) is 12.4 Å². The van der Waals surface area contributed by atoms with E-state index in [2.05, 4.69) is 33.1 Å². The lowest BCUT2D eigenvalue weighted by atomic mass is 10.1. The maximum absolute atomic E-state index is 12.4. The van der Waals surface area contributed by atoms with E-state index in [-0.39, 0.29) is 5.91 Å². The van der Waals surface area contributed by atoms with Crippen LogP contribution in [0.3, 0.4) is 0 Å². The Kier molecular flexibility index (Phi) is 6.39. The molecule has 3 aromatic rings. The van der Waals surface area contributed by atoms with Crippen LogP contribution in [-0.2, 0) is 17.8 Å². The van der Waals surface area contributed by atoms with Gasteiger partial charge in [-0.1, -0.05) is 31.2 Å². The number of hydrogen-bond acceptors (Lipinski definition) is 6. The second-order valence-corrected chi connectivity index (χ2v) is 8.18. The molecular weight excluding hydrogens is 384 g/mol. The first-order chi connectivity index (χ1) is 14.2. The minimum Gasteiger partial charge on any atom is -0.444 e. The predicted octanol–water partition coefficient (Wildman–Crippen LogP) is 3.72. The second-order valence-electron chi connectivity index (χ2n) is 7.23. The third-order valence-corrected chi connectivity index (χ3v) is 6.03. The van der Waals surface area contributed by atoms with E-state index in [1.807, 2.05) is 35.7 Å². The zero-order valence-electron chi connectivity index (χ0n) is 16.6. The number of para-hydroxylation sites is 1. The van der Waals surface area contributed by atoms with Gasteiger partial charge in [-0.15, -0.1) is 11.3 Å². The number of piperazine rings is 1. The number of anilines is 1. The molecule has 2 aromatic heterocycles. The van der Waals surface area contributed by atoms with Crippen LogP contribution in [-0.4, -0.2) is 53.4 Å². The molecule has 6 nitrogen and oxygen atoms in total. The van der Waals surface area contributed by atoms with E-state index in [1.165, 1.54) is 5.56 Å². The van der Waals surface area contributed by atoms with Crippen LogP contribution in [0, 0.1) is 0 Å². The molecule has 1 fully saturated rings. The van der Waals surface area contributed by atoms with Gasteiger partial charge in [0.25, 0.3) is 0 Å². The zero-order valence-corrected chi connectivity index (χ0v) is 17.5. The Bertz CT molecular complexity index is 930. The van der Waals surface area contributed by atoms with E-state index in [9.17, 15) is 4.79 Å². The van der Waals surface area contributed by atoms with Gasteiger partial charge in [0, 0.05) is 38.4 Å². The molecule has 0 spiro atoms. The van der Waals surface area contributed by atoms with E-state index in [1.54, 1.807) is 17.6 Å².